The molecule has 0 atom stereocenters. The van der Waals surface area contributed by atoms with Gasteiger partial charge in [-0.25, -0.2) is 4.98 Å². The Kier molecular flexibility index (Phi) is 6.68. The van der Waals surface area contributed by atoms with Crippen molar-refractivity contribution >= 4 is 5.82 Å². The van der Waals surface area contributed by atoms with Crippen LogP contribution in [-0.2, 0) is 11.3 Å². The van der Waals surface area contributed by atoms with Gasteiger partial charge in [0.05, 0.1) is 12.3 Å². The van der Waals surface area contributed by atoms with Crippen LogP contribution in [0.5, 0.6) is 0 Å². The van der Waals surface area contributed by atoms with E-state index in [4.69, 9.17) is 4.74 Å². The molecular formula is C14H25N3O. The molecule has 1 aromatic heterocycles. The zero-order chi connectivity index (χ0) is 13.4. The Morgan fingerprint density at radius 2 is 2.17 bits per heavy atom. The molecule has 0 aromatic carbocycles. The van der Waals surface area contributed by atoms with Crippen molar-refractivity contribution in [3.05, 3.63) is 23.9 Å². The number of rotatable bonds is 8. The molecule has 0 amide bonds. The van der Waals surface area contributed by atoms with Gasteiger partial charge in [0.2, 0.25) is 0 Å². The maximum Gasteiger partial charge on any atom is 0.128 e. The van der Waals surface area contributed by atoms with Gasteiger partial charge < -0.3 is 15.0 Å². The lowest BCUT2D eigenvalue weighted by atomic mass is 10.2. The number of nitrogens with zero attached hydrogens (tertiary/aromatic N) is 2. The SMILES string of the molecule is COCCN(C)c1cccc(CNCC(C)C)n1. The van der Waals surface area contributed by atoms with E-state index in [1.54, 1.807) is 7.11 Å². The number of aromatic nitrogens is 1. The molecule has 0 radical (unpaired) electrons. The van der Waals surface area contributed by atoms with Gasteiger partial charge in [0.25, 0.3) is 0 Å². The fourth-order valence-electron chi connectivity index (χ4n) is 1.61. The number of nitrogens with one attached hydrogen (secondary N) is 1. The van der Waals surface area contributed by atoms with Crippen LogP contribution in [0.1, 0.15) is 19.5 Å². The minimum absolute atomic E-state index is 0.664. The van der Waals surface area contributed by atoms with E-state index in [1.807, 2.05) is 13.1 Å². The van der Waals surface area contributed by atoms with Gasteiger partial charge in [-0.05, 0) is 24.6 Å². The maximum absolute atomic E-state index is 5.07. The molecule has 0 bridgehead atoms. The Morgan fingerprint density at radius 3 is 2.83 bits per heavy atom. The van der Waals surface area contributed by atoms with Crippen LogP contribution in [0.3, 0.4) is 0 Å². The highest BCUT2D eigenvalue weighted by Gasteiger charge is 2.03. The van der Waals surface area contributed by atoms with E-state index in [0.29, 0.717) is 12.5 Å². The quantitative estimate of drug-likeness (QED) is 0.766. The molecule has 1 rings (SSSR count). The third kappa shape index (κ3) is 5.47. The van der Waals surface area contributed by atoms with Crippen LogP contribution >= 0.6 is 0 Å². The van der Waals surface area contributed by atoms with E-state index in [9.17, 15) is 0 Å². The summed E-state index contributed by atoms with van der Waals surface area (Å²) in [6, 6.07) is 6.14. The molecule has 0 unspecified atom stereocenters. The predicted molar refractivity (Wildman–Crippen MR) is 75.9 cm³/mol. The minimum atomic E-state index is 0.664. The average molecular weight is 251 g/mol. The van der Waals surface area contributed by atoms with Crippen LogP contribution in [0.15, 0.2) is 18.2 Å². The third-order valence-electron chi connectivity index (χ3n) is 2.67. The molecule has 18 heavy (non-hydrogen) atoms. The average Bonchev–Trinajstić information content (AvgIpc) is 2.36. The molecule has 4 heteroatoms. The predicted octanol–water partition coefficient (Wildman–Crippen LogP) is 1.91. The van der Waals surface area contributed by atoms with Crippen molar-refractivity contribution < 1.29 is 4.74 Å². The van der Waals surface area contributed by atoms with Crippen molar-refractivity contribution in [2.24, 2.45) is 5.92 Å². The van der Waals surface area contributed by atoms with Crippen molar-refractivity contribution in [2.75, 3.05) is 38.8 Å². The smallest absolute Gasteiger partial charge is 0.128 e. The second-order valence-electron chi connectivity index (χ2n) is 4.93. The van der Waals surface area contributed by atoms with Gasteiger partial charge in [0.1, 0.15) is 5.82 Å². The van der Waals surface area contributed by atoms with Crippen molar-refractivity contribution in [1.29, 1.82) is 0 Å². The zero-order valence-corrected chi connectivity index (χ0v) is 11.9. The topological polar surface area (TPSA) is 37.4 Å². The molecule has 0 spiro atoms. The van der Waals surface area contributed by atoms with Crippen LogP contribution < -0.4 is 10.2 Å². The summed E-state index contributed by atoms with van der Waals surface area (Å²) in [5.74, 6) is 1.66. The van der Waals surface area contributed by atoms with Crippen molar-refractivity contribution in [1.82, 2.24) is 10.3 Å². The largest absolute Gasteiger partial charge is 0.383 e. The Labute approximate surface area is 110 Å². The van der Waals surface area contributed by atoms with Crippen molar-refractivity contribution in [3.8, 4) is 0 Å². The molecule has 0 saturated heterocycles. The van der Waals surface area contributed by atoms with E-state index in [-0.39, 0.29) is 0 Å². The first kappa shape index (κ1) is 14.9. The highest BCUT2D eigenvalue weighted by atomic mass is 16.5. The Balaban J connectivity index is 2.50. The van der Waals surface area contributed by atoms with E-state index in [0.717, 1.165) is 31.1 Å². The Morgan fingerprint density at radius 1 is 1.39 bits per heavy atom. The first-order valence-corrected chi connectivity index (χ1v) is 6.50. The molecule has 4 nitrogen and oxygen atoms in total. The number of hydrogen-bond acceptors (Lipinski definition) is 4. The Hall–Kier alpha value is -1.13. The highest BCUT2D eigenvalue weighted by Crippen LogP contribution is 2.09. The standard InChI is InChI=1S/C14H25N3O/c1-12(2)10-15-11-13-6-5-7-14(16-13)17(3)8-9-18-4/h5-7,12,15H,8-11H2,1-4H3. The van der Waals surface area contributed by atoms with E-state index in [2.05, 4.69) is 41.2 Å². The van der Waals surface area contributed by atoms with Gasteiger partial charge in [-0.15, -0.1) is 0 Å². The number of ether oxygens (including phenoxy) is 1. The Bertz CT molecular complexity index is 342. The summed E-state index contributed by atoms with van der Waals surface area (Å²) in [7, 11) is 3.75. The van der Waals surface area contributed by atoms with Crippen LogP contribution in [0.4, 0.5) is 5.82 Å². The number of pyridine rings is 1. The second-order valence-corrected chi connectivity index (χ2v) is 4.93. The molecule has 0 aliphatic rings. The fraction of sp³-hybridized carbons (Fsp3) is 0.643. The summed E-state index contributed by atoms with van der Waals surface area (Å²) in [5, 5.41) is 3.40. The molecule has 0 aliphatic carbocycles. The summed E-state index contributed by atoms with van der Waals surface area (Å²) in [5.41, 5.74) is 1.08. The zero-order valence-electron chi connectivity index (χ0n) is 11.9. The summed E-state index contributed by atoms with van der Waals surface area (Å²) in [4.78, 5) is 6.74. The van der Waals surface area contributed by atoms with Gasteiger partial charge in [-0.3, -0.25) is 0 Å². The molecular weight excluding hydrogens is 226 g/mol. The van der Waals surface area contributed by atoms with Gasteiger partial charge >= 0.3 is 0 Å². The summed E-state index contributed by atoms with van der Waals surface area (Å²) >= 11 is 0. The van der Waals surface area contributed by atoms with Gasteiger partial charge in [0, 0.05) is 27.2 Å². The van der Waals surface area contributed by atoms with Crippen molar-refractivity contribution in [2.45, 2.75) is 20.4 Å². The van der Waals surface area contributed by atoms with Crippen molar-refractivity contribution in [3.63, 3.8) is 0 Å². The number of anilines is 1. The molecule has 0 saturated carbocycles. The number of likely N-dealkylation sites (N-methyl/N-ethyl adjacent to an activating group) is 1. The van der Waals surface area contributed by atoms with Crippen LogP contribution in [0.25, 0.3) is 0 Å². The summed E-state index contributed by atoms with van der Waals surface area (Å²) < 4.78 is 5.07. The molecule has 1 heterocycles. The first-order chi connectivity index (χ1) is 8.63. The number of methoxy groups -OCH3 is 1. The van der Waals surface area contributed by atoms with Gasteiger partial charge in [-0.2, -0.15) is 0 Å². The van der Waals surface area contributed by atoms with E-state index in [1.165, 1.54) is 0 Å². The fourth-order valence-corrected chi connectivity index (χ4v) is 1.61. The summed E-state index contributed by atoms with van der Waals surface area (Å²) in [6.45, 7) is 7.82. The third-order valence-corrected chi connectivity index (χ3v) is 2.67. The van der Waals surface area contributed by atoms with E-state index >= 15 is 0 Å². The molecule has 0 aliphatic heterocycles. The molecule has 1 N–H and O–H groups in total. The lowest BCUT2D eigenvalue weighted by Crippen LogP contribution is -2.24. The maximum atomic E-state index is 5.07. The van der Waals surface area contributed by atoms with Gasteiger partial charge in [-0.1, -0.05) is 19.9 Å². The monoisotopic (exact) mass is 251 g/mol. The van der Waals surface area contributed by atoms with Crippen LogP contribution in [0, 0.1) is 5.92 Å². The lowest BCUT2D eigenvalue weighted by molar-refractivity contribution is 0.206. The first-order valence-electron chi connectivity index (χ1n) is 6.50. The molecule has 1 aromatic rings. The normalized spacial score (nSPS) is 10.9. The molecule has 0 fully saturated rings. The summed E-state index contributed by atoms with van der Waals surface area (Å²) in [6.07, 6.45) is 0. The van der Waals surface area contributed by atoms with Crippen LogP contribution in [-0.4, -0.2) is 38.8 Å². The lowest BCUT2D eigenvalue weighted by Gasteiger charge is -2.18. The van der Waals surface area contributed by atoms with Gasteiger partial charge in [0.15, 0.2) is 0 Å². The number of hydrogen-bond donors (Lipinski definition) is 1. The highest BCUT2D eigenvalue weighted by molar-refractivity contribution is 5.38. The van der Waals surface area contributed by atoms with Crippen LogP contribution in [0.2, 0.25) is 0 Å². The molecule has 102 valence electrons. The van der Waals surface area contributed by atoms with E-state index < -0.39 is 0 Å². The minimum Gasteiger partial charge on any atom is -0.383 e. The second kappa shape index (κ2) is 8.06.